The number of para-hydroxylation sites is 1. The average molecular weight is 420 g/mol. The maximum atomic E-state index is 10.6. The van der Waals surface area contributed by atoms with E-state index in [1.165, 1.54) is 0 Å². The molecular formula is C21H24O9. The summed E-state index contributed by atoms with van der Waals surface area (Å²) in [5, 5.41) is 39.1. The highest BCUT2D eigenvalue weighted by atomic mass is 16.7. The molecule has 5 atom stereocenters. The molecule has 1 saturated heterocycles. The van der Waals surface area contributed by atoms with Crippen molar-refractivity contribution in [2.45, 2.75) is 37.1 Å². The molecule has 1 fully saturated rings. The molecule has 4 N–H and O–H groups in total. The summed E-state index contributed by atoms with van der Waals surface area (Å²) >= 11 is 0. The SMILES string of the molecule is COc1ccc(Cc2ccccc2O[C@@H]2O[C@H](COC(=O)O)[C@@H](O)[C@H](O)[C@H]2O)cc1. The molecule has 9 heteroatoms. The second-order valence-electron chi connectivity index (χ2n) is 6.84. The van der Waals surface area contributed by atoms with Crippen molar-refractivity contribution in [1.29, 1.82) is 0 Å². The molecule has 0 radical (unpaired) electrons. The molecule has 0 saturated carbocycles. The number of benzene rings is 2. The minimum absolute atomic E-state index is 0.416. The number of rotatable bonds is 7. The van der Waals surface area contributed by atoms with Crippen molar-refractivity contribution in [2.75, 3.05) is 13.7 Å². The summed E-state index contributed by atoms with van der Waals surface area (Å²) in [5.74, 6) is 1.16. The summed E-state index contributed by atoms with van der Waals surface area (Å²) in [5.41, 5.74) is 1.80. The Balaban J connectivity index is 1.74. The maximum Gasteiger partial charge on any atom is 0.505 e. The van der Waals surface area contributed by atoms with Gasteiger partial charge in [0.25, 0.3) is 0 Å². The molecule has 2 aromatic carbocycles. The predicted octanol–water partition coefficient (Wildman–Crippen LogP) is 1.17. The fraction of sp³-hybridized carbons (Fsp3) is 0.381. The molecule has 1 heterocycles. The van der Waals surface area contributed by atoms with E-state index >= 15 is 0 Å². The molecule has 0 aromatic heterocycles. The topological polar surface area (TPSA) is 135 Å². The predicted molar refractivity (Wildman–Crippen MR) is 104 cm³/mol. The Labute approximate surface area is 173 Å². The lowest BCUT2D eigenvalue weighted by Crippen LogP contribution is -2.60. The van der Waals surface area contributed by atoms with Gasteiger partial charge in [0.15, 0.2) is 0 Å². The van der Waals surface area contributed by atoms with Gasteiger partial charge in [-0.2, -0.15) is 0 Å². The van der Waals surface area contributed by atoms with Gasteiger partial charge in [0, 0.05) is 6.42 Å². The van der Waals surface area contributed by atoms with Crippen molar-refractivity contribution >= 4 is 6.16 Å². The summed E-state index contributed by atoms with van der Waals surface area (Å²) in [6.45, 7) is -0.520. The van der Waals surface area contributed by atoms with E-state index in [0.717, 1.165) is 16.9 Å². The maximum absolute atomic E-state index is 10.6. The molecule has 0 unspecified atom stereocenters. The molecule has 30 heavy (non-hydrogen) atoms. The van der Waals surface area contributed by atoms with E-state index in [1.807, 2.05) is 36.4 Å². The van der Waals surface area contributed by atoms with Gasteiger partial charge in [-0.1, -0.05) is 30.3 Å². The number of carboxylic acid groups (broad SMARTS) is 1. The lowest BCUT2D eigenvalue weighted by atomic mass is 9.99. The van der Waals surface area contributed by atoms with Crippen molar-refractivity contribution in [1.82, 2.24) is 0 Å². The highest BCUT2D eigenvalue weighted by Crippen LogP contribution is 2.28. The fourth-order valence-electron chi connectivity index (χ4n) is 3.16. The van der Waals surface area contributed by atoms with Crippen LogP contribution in [0.1, 0.15) is 11.1 Å². The van der Waals surface area contributed by atoms with Crippen LogP contribution in [0.4, 0.5) is 4.79 Å². The highest BCUT2D eigenvalue weighted by Gasteiger charge is 2.45. The summed E-state index contributed by atoms with van der Waals surface area (Å²) in [7, 11) is 1.59. The number of hydrogen-bond acceptors (Lipinski definition) is 8. The number of hydrogen-bond donors (Lipinski definition) is 4. The Morgan fingerprint density at radius 1 is 1.00 bits per heavy atom. The number of methoxy groups -OCH3 is 1. The van der Waals surface area contributed by atoms with Gasteiger partial charge in [-0.15, -0.1) is 0 Å². The first kappa shape index (κ1) is 21.8. The zero-order valence-electron chi connectivity index (χ0n) is 16.2. The van der Waals surface area contributed by atoms with Crippen LogP contribution < -0.4 is 9.47 Å². The fourth-order valence-corrected chi connectivity index (χ4v) is 3.16. The van der Waals surface area contributed by atoms with Crippen molar-refractivity contribution in [2.24, 2.45) is 0 Å². The molecule has 1 aliphatic heterocycles. The van der Waals surface area contributed by atoms with Gasteiger partial charge in [-0.25, -0.2) is 4.79 Å². The third kappa shape index (κ3) is 5.19. The van der Waals surface area contributed by atoms with E-state index in [-0.39, 0.29) is 0 Å². The number of aliphatic hydroxyl groups is 3. The average Bonchev–Trinajstić information content (AvgIpc) is 2.75. The molecule has 2 aromatic rings. The first-order valence-electron chi connectivity index (χ1n) is 9.32. The lowest BCUT2D eigenvalue weighted by molar-refractivity contribution is -0.277. The first-order chi connectivity index (χ1) is 14.4. The van der Waals surface area contributed by atoms with Gasteiger partial charge in [-0.3, -0.25) is 0 Å². The third-order valence-electron chi connectivity index (χ3n) is 4.81. The molecule has 9 nitrogen and oxygen atoms in total. The van der Waals surface area contributed by atoms with E-state index in [0.29, 0.717) is 12.2 Å². The molecule has 1 aliphatic rings. The Morgan fingerprint density at radius 3 is 2.37 bits per heavy atom. The van der Waals surface area contributed by atoms with Crippen molar-refractivity contribution < 1.29 is 44.2 Å². The van der Waals surface area contributed by atoms with Crippen LogP contribution in [0.3, 0.4) is 0 Å². The van der Waals surface area contributed by atoms with Crippen LogP contribution in [0.25, 0.3) is 0 Å². The van der Waals surface area contributed by atoms with E-state index in [2.05, 4.69) is 4.74 Å². The molecule has 0 amide bonds. The monoisotopic (exact) mass is 420 g/mol. The summed E-state index contributed by atoms with van der Waals surface area (Å²) in [4.78, 5) is 10.6. The van der Waals surface area contributed by atoms with Gasteiger partial charge in [-0.05, 0) is 29.3 Å². The zero-order valence-corrected chi connectivity index (χ0v) is 16.2. The van der Waals surface area contributed by atoms with Crippen LogP contribution in [0.2, 0.25) is 0 Å². The number of carbonyl (C=O) groups is 1. The van der Waals surface area contributed by atoms with Crippen LogP contribution in [-0.4, -0.2) is 71.0 Å². The van der Waals surface area contributed by atoms with E-state index < -0.39 is 43.5 Å². The van der Waals surface area contributed by atoms with Crippen LogP contribution in [-0.2, 0) is 15.9 Å². The molecule has 0 spiro atoms. The first-order valence-corrected chi connectivity index (χ1v) is 9.32. The van der Waals surface area contributed by atoms with Gasteiger partial charge in [0.1, 0.15) is 42.5 Å². The summed E-state index contributed by atoms with van der Waals surface area (Å²) < 4.78 is 20.9. The molecule has 162 valence electrons. The molecule has 0 aliphatic carbocycles. The Hall–Kier alpha value is -2.85. The largest absolute Gasteiger partial charge is 0.505 e. The van der Waals surface area contributed by atoms with Crippen molar-refractivity contribution in [3.8, 4) is 11.5 Å². The smallest absolute Gasteiger partial charge is 0.497 e. The van der Waals surface area contributed by atoms with Crippen LogP contribution in [0, 0.1) is 0 Å². The third-order valence-corrected chi connectivity index (χ3v) is 4.81. The Kier molecular flexibility index (Phi) is 7.11. The standard InChI is InChI=1S/C21H24O9/c1-27-14-8-6-12(7-9-14)10-13-4-2-3-5-15(13)29-20-19(24)18(23)17(22)16(30-20)11-28-21(25)26/h2-9,16-20,22-24H,10-11H2,1H3,(H,25,26)/t16-,17-,18+,19-,20-/m1/s1. The Morgan fingerprint density at radius 2 is 1.70 bits per heavy atom. The molecule has 0 bridgehead atoms. The minimum atomic E-state index is -1.60. The van der Waals surface area contributed by atoms with E-state index in [4.69, 9.17) is 19.3 Å². The zero-order chi connectivity index (χ0) is 21.7. The van der Waals surface area contributed by atoms with E-state index in [9.17, 15) is 20.1 Å². The molecule has 3 rings (SSSR count). The minimum Gasteiger partial charge on any atom is -0.497 e. The number of aliphatic hydroxyl groups excluding tert-OH is 3. The van der Waals surface area contributed by atoms with Crippen molar-refractivity contribution in [3.05, 3.63) is 59.7 Å². The van der Waals surface area contributed by atoms with Crippen molar-refractivity contribution in [3.63, 3.8) is 0 Å². The number of ether oxygens (including phenoxy) is 4. The van der Waals surface area contributed by atoms with Crippen LogP contribution >= 0.6 is 0 Å². The van der Waals surface area contributed by atoms with Crippen LogP contribution in [0.5, 0.6) is 11.5 Å². The summed E-state index contributed by atoms with van der Waals surface area (Å²) in [6.07, 6.45) is -8.22. The highest BCUT2D eigenvalue weighted by molar-refractivity contribution is 5.56. The quantitative estimate of drug-likeness (QED) is 0.487. The summed E-state index contributed by atoms with van der Waals surface area (Å²) in [6, 6.07) is 14.7. The second kappa shape index (κ2) is 9.77. The second-order valence-corrected chi connectivity index (χ2v) is 6.84. The van der Waals surface area contributed by atoms with Gasteiger partial charge >= 0.3 is 6.16 Å². The van der Waals surface area contributed by atoms with Crippen LogP contribution in [0.15, 0.2) is 48.5 Å². The van der Waals surface area contributed by atoms with Gasteiger partial charge < -0.3 is 39.4 Å². The Bertz CT molecular complexity index is 839. The van der Waals surface area contributed by atoms with Gasteiger partial charge in [0.2, 0.25) is 6.29 Å². The van der Waals surface area contributed by atoms with E-state index in [1.54, 1.807) is 19.2 Å². The lowest BCUT2D eigenvalue weighted by Gasteiger charge is -2.40. The molecular weight excluding hydrogens is 396 g/mol. The van der Waals surface area contributed by atoms with Gasteiger partial charge in [0.05, 0.1) is 7.11 Å². The normalized spacial score (nSPS) is 26.1.